The molecule has 1 N–H and O–H groups in total. The lowest BCUT2D eigenvalue weighted by Gasteiger charge is -2.33. The number of sulfonamides is 1. The summed E-state index contributed by atoms with van der Waals surface area (Å²) in [6, 6.07) is 17.5. The highest BCUT2D eigenvalue weighted by Crippen LogP contribution is 2.29. The fourth-order valence-electron chi connectivity index (χ4n) is 4.13. The number of aryl methyl sites for hydroxylation is 2. The van der Waals surface area contributed by atoms with Gasteiger partial charge in [0.05, 0.1) is 17.7 Å². The van der Waals surface area contributed by atoms with Crippen molar-refractivity contribution in [2.75, 3.05) is 18.0 Å². The molecule has 0 spiro atoms. The fraction of sp³-hybridized carbons (Fsp3) is 0.355. The number of benzene rings is 3. The Morgan fingerprint density at radius 3 is 2.24 bits per heavy atom. The molecule has 0 radical (unpaired) electrons. The van der Waals surface area contributed by atoms with Gasteiger partial charge in [-0.2, -0.15) is 0 Å². The second-order valence-electron chi connectivity index (χ2n) is 11.0. The largest absolute Gasteiger partial charge is 0.497 e. The van der Waals surface area contributed by atoms with Gasteiger partial charge in [-0.05, 0) is 89.1 Å². The van der Waals surface area contributed by atoms with E-state index in [1.54, 1.807) is 56.5 Å². The number of hydrogen-bond donors (Lipinski definition) is 1. The minimum Gasteiger partial charge on any atom is -0.497 e. The molecule has 1 atom stereocenters. The van der Waals surface area contributed by atoms with Gasteiger partial charge >= 0.3 is 0 Å². The number of nitrogens with one attached hydrogen (secondary N) is 1. The Balaban J connectivity index is 2.07. The molecule has 3 aromatic rings. The predicted molar refractivity (Wildman–Crippen MR) is 163 cm³/mol. The monoisotopic (exact) mass is 599 g/mol. The van der Waals surface area contributed by atoms with E-state index in [1.807, 2.05) is 40.7 Å². The first-order valence-corrected chi connectivity index (χ1v) is 15.0. The number of amides is 2. The zero-order valence-electron chi connectivity index (χ0n) is 24.6. The minimum atomic E-state index is -4.18. The molecular formula is C31H38ClN3O5S. The fourth-order valence-corrected chi connectivity index (χ4v) is 5.71. The maximum Gasteiger partial charge on any atom is 0.264 e. The zero-order valence-corrected chi connectivity index (χ0v) is 26.1. The van der Waals surface area contributed by atoms with Crippen LogP contribution in [-0.2, 0) is 26.2 Å². The van der Waals surface area contributed by atoms with Gasteiger partial charge in [0.2, 0.25) is 11.8 Å². The van der Waals surface area contributed by atoms with E-state index < -0.39 is 34.1 Å². The van der Waals surface area contributed by atoms with Crippen LogP contribution >= 0.6 is 11.6 Å². The molecule has 1 unspecified atom stereocenters. The van der Waals surface area contributed by atoms with Gasteiger partial charge in [-0.15, -0.1) is 0 Å². The summed E-state index contributed by atoms with van der Waals surface area (Å²) in [5, 5.41) is 3.28. The average molecular weight is 600 g/mol. The third-order valence-corrected chi connectivity index (χ3v) is 8.68. The smallest absolute Gasteiger partial charge is 0.264 e. The SMILES string of the molecule is COc1cccc(CN(C(=O)CN(c2ccc(C)c(Cl)c2)S(=O)(=O)c2ccc(C)cc2)C(C)C(=O)NC(C)(C)C)c1. The normalized spacial score (nSPS) is 12.4. The maximum atomic E-state index is 14.1. The lowest BCUT2D eigenvalue weighted by molar-refractivity contribution is -0.140. The lowest BCUT2D eigenvalue weighted by atomic mass is 10.1. The Hall–Kier alpha value is -3.56. The standard InChI is InChI=1S/C31H38ClN3O5S/c1-21-11-15-27(16-12-21)41(38,39)35(25-14-13-22(2)28(32)18-25)20-29(36)34(23(3)30(37)33-31(4,5)6)19-24-9-8-10-26(17-24)40-7/h8-18,23H,19-20H2,1-7H3,(H,33,37). The third-order valence-electron chi connectivity index (χ3n) is 6.48. The molecule has 0 aliphatic carbocycles. The van der Waals surface area contributed by atoms with Crippen LogP contribution in [0.4, 0.5) is 5.69 Å². The topological polar surface area (TPSA) is 96.0 Å². The molecule has 0 aromatic heterocycles. The summed E-state index contributed by atoms with van der Waals surface area (Å²) in [6.45, 7) is 10.4. The summed E-state index contributed by atoms with van der Waals surface area (Å²) in [7, 11) is -2.64. The average Bonchev–Trinajstić information content (AvgIpc) is 2.90. The predicted octanol–water partition coefficient (Wildman–Crippen LogP) is 5.49. The van der Waals surface area contributed by atoms with Gasteiger partial charge in [0.15, 0.2) is 0 Å². The van der Waals surface area contributed by atoms with E-state index in [4.69, 9.17) is 16.3 Å². The van der Waals surface area contributed by atoms with Crippen LogP contribution < -0.4 is 14.4 Å². The van der Waals surface area contributed by atoms with Gasteiger partial charge < -0.3 is 15.0 Å². The highest BCUT2D eigenvalue weighted by molar-refractivity contribution is 7.92. The van der Waals surface area contributed by atoms with Crippen LogP contribution in [0.2, 0.25) is 5.02 Å². The first-order chi connectivity index (χ1) is 19.1. The molecule has 0 heterocycles. The second-order valence-corrected chi connectivity index (χ2v) is 13.3. The van der Waals surface area contributed by atoms with Gasteiger partial charge in [-0.1, -0.05) is 47.5 Å². The van der Waals surface area contributed by atoms with Crippen molar-refractivity contribution in [3.63, 3.8) is 0 Å². The molecule has 41 heavy (non-hydrogen) atoms. The summed E-state index contributed by atoms with van der Waals surface area (Å²) in [6.07, 6.45) is 0. The number of carbonyl (C=O) groups is 2. The lowest BCUT2D eigenvalue weighted by Crippen LogP contribution is -2.54. The Bertz CT molecular complexity index is 1500. The van der Waals surface area contributed by atoms with Gasteiger partial charge in [0, 0.05) is 17.1 Å². The van der Waals surface area contributed by atoms with Crippen molar-refractivity contribution in [3.8, 4) is 5.75 Å². The van der Waals surface area contributed by atoms with Crippen LogP contribution in [0.1, 0.15) is 44.4 Å². The Morgan fingerprint density at radius 2 is 1.66 bits per heavy atom. The molecule has 0 saturated heterocycles. The summed E-state index contributed by atoms with van der Waals surface area (Å²) < 4.78 is 34.3. The summed E-state index contributed by atoms with van der Waals surface area (Å²) in [4.78, 5) is 28.7. The van der Waals surface area contributed by atoms with E-state index in [1.165, 1.54) is 23.1 Å². The number of nitrogens with zero attached hydrogens (tertiary/aromatic N) is 2. The van der Waals surface area contributed by atoms with Crippen LogP contribution in [-0.4, -0.2) is 50.4 Å². The summed E-state index contributed by atoms with van der Waals surface area (Å²) in [5.41, 5.74) is 2.09. The summed E-state index contributed by atoms with van der Waals surface area (Å²) in [5.74, 6) is -0.323. The van der Waals surface area contributed by atoms with Crippen molar-refractivity contribution in [2.45, 2.75) is 64.6 Å². The van der Waals surface area contributed by atoms with E-state index in [0.29, 0.717) is 10.8 Å². The van der Waals surface area contributed by atoms with Crippen molar-refractivity contribution in [2.24, 2.45) is 0 Å². The van der Waals surface area contributed by atoms with Crippen molar-refractivity contribution >= 4 is 39.1 Å². The maximum absolute atomic E-state index is 14.1. The highest BCUT2D eigenvalue weighted by atomic mass is 35.5. The van der Waals surface area contributed by atoms with Crippen LogP contribution in [0, 0.1) is 13.8 Å². The molecule has 0 aliphatic heterocycles. The van der Waals surface area contributed by atoms with Crippen molar-refractivity contribution < 1.29 is 22.7 Å². The summed E-state index contributed by atoms with van der Waals surface area (Å²) >= 11 is 6.38. The second kappa shape index (κ2) is 13.0. The molecule has 8 nitrogen and oxygen atoms in total. The van der Waals surface area contributed by atoms with Gasteiger partial charge in [-0.25, -0.2) is 8.42 Å². The van der Waals surface area contributed by atoms with Gasteiger partial charge in [0.1, 0.15) is 18.3 Å². The molecule has 0 bridgehead atoms. The quantitative estimate of drug-likeness (QED) is 0.332. The molecule has 0 fully saturated rings. The van der Waals surface area contributed by atoms with E-state index >= 15 is 0 Å². The molecule has 10 heteroatoms. The van der Waals surface area contributed by atoms with Crippen LogP contribution in [0.5, 0.6) is 5.75 Å². The number of rotatable bonds is 10. The van der Waals surface area contributed by atoms with Gasteiger partial charge in [0.25, 0.3) is 10.0 Å². The molecule has 0 saturated carbocycles. The number of anilines is 1. The molecule has 3 aromatic carbocycles. The third kappa shape index (κ3) is 8.24. The zero-order chi connectivity index (χ0) is 30.5. The first kappa shape index (κ1) is 32.0. The Kier molecular flexibility index (Phi) is 10.1. The molecule has 3 rings (SSSR count). The van der Waals surface area contributed by atoms with Gasteiger partial charge in [-0.3, -0.25) is 13.9 Å². The van der Waals surface area contributed by atoms with Crippen LogP contribution in [0.25, 0.3) is 0 Å². The minimum absolute atomic E-state index is 0.0328. The molecule has 220 valence electrons. The van der Waals surface area contributed by atoms with E-state index in [9.17, 15) is 18.0 Å². The van der Waals surface area contributed by atoms with Crippen LogP contribution in [0.15, 0.2) is 71.6 Å². The molecule has 0 aliphatic rings. The van der Waals surface area contributed by atoms with Crippen molar-refractivity contribution in [1.82, 2.24) is 10.2 Å². The van der Waals surface area contributed by atoms with Crippen molar-refractivity contribution in [3.05, 3.63) is 88.4 Å². The van der Waals surface area contributed by atoms with E-state index in [2.05, 4.69) is 5.32 Å². The first-order valence-electron chi connectivity index (χ1n) is 13.2. The number of hydrogen-bond acceptors (Lipinski definition) is 5. The number of methoxy groups -OCH3 is 1. The van der Waals surface area contributed by atoms with E-state index in [-0.39, 0.29) is 23.0 Å². The molecule has 2 amide bonds. The van der Waals surface area contributed by atoms with Crippen LogP contribution in [0.3, 0.4) is 0 Å². The van der Waals surface area contributed by atoms with E-state index in [0.717, 1.165) is 21.0 Å². The number of carbonyl (C=O) groups excluding carboxylic acids is 2. The Morgan fingerprint density at radius 1 is 1.00 bits per heavy atom. The number of ether oxygens (including phenoxy) is 1. The number of halogens is 1. The Labute approximate surface area is 248 Å². The molecular weight excluding hydrogens is 562 g/mol. The highest BCUT2D eigenvalue weighted by Gasteiger charge is 2.33. The van der Waals surface area contributed by atoms with Crippen molar-refractivity contribution in [1.29, 1.82) is 0 Å².